The summed E-state index contributed by atoms with van der Waals surface area (Å²) in [6.07, 6.45) is 3.01. The molecule has 0 saturated carbocycles. The van der Waals surface area contributed by atoms with Gasteiger partial charge in [-0.25, -0.2) is 0 Å². The summed E-state index contributed by atoms with van der Waals surface area (Å²) in [6, 6.07) is 9.11. The SMILES string of the molecule is CC(C)Oc1ccccc1C(C)NC1CC(C)OC(C)C1. The van der Waals surface area contributed by atoms with E-state index in [-0.39, 0.29) is 12.1 Å². The fourth-order valence-electron chi connectivity index (χ4n) is 3.18. The van der Waals surface area contributed by atoms with E-state index in [4.69, 9.17) is 9.47 Å². The number of para-hydroxylation sites is 1. The van der Waals surface area contributed by atoms with E-state index < -0.39 is 0 Å². The third-order valence-electron chi connectivity index (χ3n) is 3.93. The van der Waals surface area contributed by atoms with Crippen molar-refractivity contribution in [2.75, 3.05) is 0 Å². The molecule has 1 aromatic carbocycles. The number of hydrogen-bond acceptors (Lipinski definition) is 3. The van der Waals surface area contributed by atoms with E-state index in [0.29, 0.717) is 18.2 Å². The van der Waals surface area contributed by atoms with Crippen molar-refractivity contribution in [3.63, 3.8) is 0 Å². The van der Waals surface area contributed by atoms with E-state index in [2.05, 4.69) is 58.1 Å². The molecule has 3 nitrogen and oxygen atoms in total. The Morgan fingerprint density at radius 1 is 1.10 bits per heavy atom. The van der Waals surface area contributed by atoms with E-state index in [1.54, 1.807) is 0 Å². The number of benzene rings is 1. The highest BCUT2D eigenvalue weighted by Gasteiger charge is 2.26. The highest BCUT2D eigenvalue weighted by Crippen LogP contribution is 2.28. The second-order valence-electron chi connectivity index (χ2n) is 6.52. The summed E-state index contributed by atoms with van der Waals surface area (Å²) in [4.78, 5) is 0. The molecule has 1 aromatic rings. The molecule has 3 atom stereocenters. The average molecular weight is 291 g/mol. The molecule has 0 bridgehead atoms. The van der Waals surface area contributed by atoms with Crippen LogP contribution >= 0.6 is 0 Å². The lowest BCUT2D eigenvalue weighted by Gasteiger charge is -2.34. The standard InChI is InChI=1S/C18H29NO2/c1-12(2)20-18-9-7-6-8-17(18)15(5)19-16-10-13(3)21-14(4)11-16/h6-9,12-16,19H,10-11H2,1-5H3. The minimum atomic E-state index is 0.196. The maximum atomic E-state index is 5.93. The van der Waals surface area contributed by atoms with Crippen molar-refractivity contribution in [2.45, 2.75) is 77.9 Å². The van der Waals surface area contributed by atoms with Gasteiger partial charge >= 0.3 is 0 Å². The lowest BCUT2D eigenvalue weighted by Crippen LogP contribution is -2.42. The van der Waals surface area contributed by atoms with Gasteiger partial charge < -0.3 is 14.8 Å². The highest BCUT2D eigenvalue weighted by molar-refractivity contribution is 5.35. The topological polar surface area (TPSA) is 30.5 Å². The van der Waals surface area contributed by atoms with Crippen LogP contribution < -0.4 is 10.1 Å². The molecular weight excluding hydrogens is 262 g/mol. The van der Waals surface area contributed by atoms with Crippen LogP contribution in [-0.2, 0) is 4.74 Å². The fraction of sp³-hybridized carbons (Fsp3) is 0.667. The van der Waals surface area contributed by atoms with Crippen molar-refractivity contribution in [3.05, 3.63) is 29.8 Å². The maximum absolute atomic E-state index is 5.93. The van der Waals surface area contributed by atoms with Crippen molar-refractivity contribution in [3.8, 4) is 5.75 Å². The van der Waals surface area contributed by atoms with E-state index in [1.807, 2.05) is 6.07 Å². The van der Waals surface area contributed by atoms with Crippen LogP contribution in [0.15, 0.2) is 24.3 Å². The third-order valence-corrected chi connectivity index (χ3v) is 3.93. The molecule has 0 aromatic heterocycles. The number of hydrogen-bond donors (Lipinski definition) is 1. The van der Waals surface area contributed by atoms with Gasteiger partial charge in [-0.1, -0.05) is 18.2 Å². The molecule has 118 valence electrons. The summed E-state index contributed by atoms with van der Waals surface area (Å²) in [5, 5.41) is 3.75. The molecule has 0 radical (unpaired) electrons. The molecule has 1 saturated heterocycles. The number of ether oxygens (including phenoxy) is 2. The summed E-state index contributed by atoms with van der Waals surface area (Å²) >= 11 is 0. The monoisotopic (exact) mass is 291 g/mol. The van der Waals surface area contributed by atoms with Gasteiger partial charge in [-0.2, -0.15) is 0 Å². The highest BCUT2D eigenvalue weighted by atomic mass is 16.5. The predicted molar refractivity (Wildman–Crippen MR) is 86.8 cm³/mol. The Hall–Kier alpha value is -1.06. The lowest BCUT2D eigenvalue weighted by molar-refractivity contribution is -0.0433. The Morgan fingerprint density at radius 3 is 2.33 bits per heavy atom. The normalized spacial score (nSPS) is 27.6. The first-order chi connectivity index (χ1) is 9.95. The largest absolute Gasteiger partial charge is 0.491 e. The van der Waals surface area contributed by atoms with Crippen molar-refractivity contribution in [1.29, 1.82) is 0 Å². The smallest absolute Gasteiger partial charge is 0.124 e. The first kappa shape index (κ1) is 16.3. The minimum absolute atomic E-state index is 0.196. The maximum Gasteiger partial charge on any atom is 0.124 e. The summed E-state index contributed by atoms with van der Waals surface area (Å²) in [6.45, 7) is 10.7. The molecule has 0 spiro atoms. The van der Waals surface area contributed by atoms with Crippen molar-refractivity contribution in [2.24, 2.45) is 0 Å². The lowest BCUT2D eigenvalue weighted by atomic mass is 9.97. The van der Waals surface area contributed by atoms with Gasteiger partial charge in [-0.3, -0.25) is 0 Å². The van der Waals surface area contributed by atoms with Gasteiger partial charge in [-0.05, 0) is 53.5 Å². The van der Waals surface area contributed by atoms with E-state index >= 15 is 0 Å². The van der Waals surface area contributed by atoms with E-state index in [9.17, 15) is 0 Å². The second kappa shape index (κ2) is 7.28. The van der Waals surface area contributed by atoms with Gasteiger partial charge in [0.05, 0.1) is 18.3 Å². The molecule has 21 heavy (non-hydrogen) atoms. The zero-order valence-corrected chi connectivity index (χ0v) is 13.9. The Morgan fingerprint density at radius 2 is 1.71 bits per heavy atom. The Balaban J connectivity index is 2.04. The Labute approximate surface area is 129 Å². The van der Waals surface area contributed by atoms with Gasteiger partial charge in [0.2, 0.25) is 0 Å². The molecule has 3 unspecified atom stereocenters. The Bertz CT molecular complexity index is 437. The zero-order valence-electron chi connectivity index (χ0n) is 13.9. The van der Waals surface area contributed by atoms with Crippen molar-refractivity contribution in [1.82, 2.24) is 5.32 Å². The van der Waals surface area contributed by atoms with Crippen LogP contribution in [0.1, 0.15) is 59.1 Å². The predicted octanol–water partition coefficient (Wildman–Crippen LogP) is 4.08. The minimum Gasteiger partial charge on any atom is -0.491 e. The van der Waals surface area contributed by atoms with Crippen LogP contribution in [0.4, 0.5) is 0 Å². The number of rotatable bonds is 5. The second-order valence-corrected chi connectivity index (χ2v) is 6.52. The van der Waals surface area contributed by atoms with Gasteiger partial charge in [-0.15, -0.1) is 0 Å². The summed E-state index contributed by atoms with van der Waals surface area (Å²) in [5.74, 6) is 0.987. The molecular formula is C18H29NO2. The molecule has 3 heteroatoms. The van der Waals surface area contributed by atoms with E-state index in [0.717, 1.165) is 18.6 Å². The van der Waals surface area contributed by atoms with Gasteiger partial charge in [0.25, 0.3) is 0 Å². The summed E-state index contributed by atoms with van der Waals surface area (Å²) < 4.78 is 11.7. The first-order valence-corrected chi connectivity index (χ1v) is 8.12. The average Bonchev–Trinajstić information content (AvgIpc) is 2.37. The van der Waals surface area contributed by atoms with E-state index in [1.165, 1.54) is 5.56 Å². The molecule has 1 heterocycles. The van der Waals surface area contributed by atoms with Crippen LogP contribution in [0.5, 0.6) is 5.75 Å². The van der Waals surface area contributed by atoms with Crippen molar-refractivity contribution >= 4 is 0 Å². The molecule has 1 fully saturated rings. The number of nitrogens with one attached hydrogen (secondary N) is 1. The Kier molecular flexibility index (Phi) is 5.65. The van der Waals surface area contributed by atoms with Crippen LogP contribution in [0, 0.1) is 0 Å². The zero-order chi connectivity index (χ0) is 15.4. The van der Waals surface area contributed by atoms with Gasteiger partial charge in [0.1, 0.15) is 5.75 Å². The molecule has 0 amide bonds. The summed E-state index contributed by atoms with van der Waals surface area (Å²) in [5.41, 5.74) is 1.23. The quantitative estimate of drug-likeness (QED) is 0.886. The molecule has 0 aliphatic carbocycles. The van der Waals surface area contributed by atoms with Crippen LogP contribution in [0.25, 0.3) is 0 Å². The van der Waals surface area contributed by atoms with Crippen LogP contribution in [0.3, 0.4) is 0 Å². The van der Waals surface area contributed by atoms with Gasteiger partial charge in [0.15, 0.2) is 0 Å². The molecule has 1 aliphatic heterocycles. The molecule has 2 rings (SSSR count). The van der Waals surface area contributed by atoms with Gasteiger partial charge in [0, 0.05) is 17.6 Å². The third kappa shape index (κ3) is 4.72. The molecule has 1 aliphatic rings. The fourth-order valence-corrected chi connectivity index (χ4v) is 3.18. The molecule has 1 N–H and O–H groups in total. The van der Waals surface area contributed by atoms with Crippen LogP contribution in [0.2, 0.25) is 0 Å². The van der Waals surface area contributed by atoms with Crippen LogP contribution in [-0.4, -0.2) is 24.4 Å². The van der Waals surface area contributed by atoms with Crippen molar-refractivity contribution < 1.29 is 9.47 Å². The first-order valence-electron chi connectivity index (χ1n) is 8.12. The summed E-state index contributed by atoms with van der Waals surface area (Å²) in [7, 11) is 0.